The summed E-state index contributed by atoms with van der Waals surface area (Å²) in [6.45, 7) is 3.63. The average Bonchev–Trinajstić information content (AvgIpc) is 2.40. The lowest BCUT2D eigenvalue weighted by Gasteiger charge is -1.80. The number of aryl methyl sites for hydroxylation is 2. The van der Waals surface area contributed by atoms with Gasteiger partial charge < -0.3 is 4.42 Å². The third-order valence-corrected chi connectivity index (χ3v) is 2.07. The van der Waals surface area contributed by atoms with Crippen molar-refractivity contribution in [2.24, 2.45) is 0 Å². The Labute approximate surface area is 75.8 Å². The van der Waals surface area contributed by atoms with Gasteiger partial charge in [0.1, 0.15) is 5.76 Å². The van der Waals surface area contributed by atoms with Crippen molar-refractivity contribution in [3.63, 3.8) is 0 Å². The second-order valence-electron chi connectivity index (χ2n) is 3.18. The molecule has 0 N–H and O–H groups in total. The number of rotatable bonds is 0. The normalized spacial score (nSPS) is 10.6. The van der Waals surface area contributed by atoms with Crippen LogP contribution in [0.5, 0.6) is 0 Å². The van der Waals surface area contributed by atoms with Gasteiger partial charge in [-0.1, -0.05) is 18.2 Å². The molecule has 0 amide bonds. The van der Waals surface area contributed by atoms with Crippen LogP contribution in [0.2, 0.25) is 0 Å². The van der Waals surface area contributed by atoms with E-state index in [0.29, 0.717) is 11.1 Å². The summed E-state index contributed by atoms with van der Waals surface area (Å²) in [4.78, 5) is 11.6. The largest absolute Gasteiger partial charge is 0.457 e. The van der Waals surface area contributed by atoms with Crippen LogP contribution < -0.4 is 5.43 Å². The maximum Gasteiger partial charge on any atom is 0.224 e. The minimum Gasteiger partial charge on any atom is -0.457 e. The number of hydrogen-bond donors (Lipinski definition) is 0. The van der Waals surface area contributed by atoms with Crippen molar-refractivity contribution in [1.29, 1.82) is 0 Å². The lowest BCUT2D eigenvalue weighted by molar-refractivity contribution is 0.576. The lowest BCUT2D eigenvalue weighted by Crippen LogP contribution is -1.99. The third kappa shape index (κ3) is 1.24. The molecule has 0 spiro atoms. The van der Waals surface area contributed by atoms with Crippen LogP contribution in [0.1, 0.15) is 11.3 Å². The van der Waals surface area contributed by atoms with E-state index in [4.69, 9.17) is 4.42 Å². The van der Waals surface area contributed by atoms with Crippen LogP contribution in [-0.4, -0.2) is 0 Å². The fourth-order valence-corrected chi connectivity index (χ4v) is 1.39. The van der Waals surface area contributed by atoms with Crippen LogP contribution >= 0.6 is 0 Å². The molecule has 2 rings (SSSR count). The Bertz CT molecular complexity index is 509. The van der Waals surface area contributed by atoms with Gasteiger partial charge in [-0.2, -0.15) is 0 Å². The van der Waals surface area contributed by atoms with Crippen LogP contribution in [0, 0.1) is 13.8 Å². The van der Waals surface area contributed by atoms with Gasteiger partial charge >= 0.3 is 0 Å². The molecule has 0 bridgehead atoms. The minimum atomic E-state index is -0.0203. The minimum absolute atomic E-state index is 0.0203. The van der Waals surface area contributed by atoms with Crippen molar-refractivity contribution in [2.45, 2.75) is 13.8 Å². The number of hydrogen-bond acceptors (Lipinski definition) is 2. The highest BCUT2D eigenvalue weighted by Gasteiger charge is 2.03. The highest BCUT2D eigenvalue weighted by atomic mass is 16.3. The molecule has 13 heavy (non-hydrogen) atoms. The van der Waals surface area contributed by atoms with Gasteiger partial charge in [-0.25, -0.2) is 0 Å². The quantitative estimate of drug-likeness (QED) is 0.614. The summed E-state index contributed by atoms with van der Waals surface area (Å²) in [6, 6.07) is 7.43. The standard InChI is InChI=1S/C11H10O2/c1-7-4-3-5-9-6-8(2)13-11(9)10(7)12/h3-6H,1-2H3. The maximum absolute atomic E-state index is 11.6. The second kappa shape index (κ2) is 2.73. The summed E-state index contributed by atoms with van der Waals surface area (Å²) in [6.07, 6.45) is 0. The molecule has 66 valence electrons. The van der Waals surface area contributed by atoms with Gasteiger partial charge in [-0.3, -0.25) is 4.79 Å². The molecule has 1 heterocycles. The first-order chi connectivity index (χ1) is 6.18. The summed E-state index contributed by atoms with van der Waals surface area (Å²) < 4.78 is 5.33. The molecule has 0 saturated carbocycles. The predicted molar refractivity (Wildman–Crippen MR) is 52.0 cm³/mol. The Kier molecular flexibility index (Phi) is 1.69. The van der Waals surface area contributed by atoms with Crippen molar-refractivity contribution in [3.05, 3.63) is 45.8 Å². The molecule has 2 aromatic rings. The average molecular weight is 174 g/mol. The molecule has 0 radical (unpaired) electrons. The van der Waals surface area contributed by atoms with Crippen molar-refractivity contribution in [3.8, 4) is 0 Å². The monoisotopic (exact) mass is 174 g/mol. The summed E-state index contributed by atoms with van der Waals surface area (Å²) in [7, 11) is 0. The van der Waals surface area contributed by atoms with E-state index in [1.807, 2.05) is 25.1 Å². The Hall–Kier alpha value is -1.57. The molecule has 0 atom stereocenters. The van der Waals surface area contributed by atoms with E-state index in [1.165, 1.54) is 0 Å². The van der Waals surface area contributed by atoms with E-state index in [2.05, 4.69) is 0 Å². The van der Waals surface area contributed by atoms with E-state index in [-0.39, 0.29) is 5.43 Å². The number of furan rings is 1. The van der Waals surface area contributed by atoms with Crippen molar-refractivity contribution in [2.75, 3.05) is 0 Å². The molecule has 0 unspecified atom stereocenters. The van der Waals surface area contributed by atoms with Crippen molar-refractivity contribution in [1.82, 2.24) is 0 Å². The molecule has 1 aromatic carbocycles. The highest BCUT2D eigenvalue weighted by Crippen LogP contribution is 2.14. The molecule has 0 aliphatic heterocycles. The Morgan fingerprint density at radius 2 is 2.00 bits per heavy atom. The molecule has 0 aliphatic carbocycles. The number of fused-ring (bicyclic) bond motifs is 1. The van der Waals surface area contributed by atoms with Crippen LogP contribution in [0.3, 0.4) is 0 Å². The molecule has 2 heteroatoms. The van der Waals surface area contributed by atoms with Crippen molar-refractivity contribution < 1.29 is 4.42 Å². The van der Waals surface area contributed by atoms with Crippen LogP contribution in [0.15, 0.2) is 33.5 Å². The SMILES string of the molecule is Cc1cc2cccc(C)c(=O)c2o1. The summed E-state index contributed by atoms with van der Waals surface area (Å²) >= 11 is 0. The van der Waals surface area contributed by atoms with Gasteiger partial charge in [-0.05, 0) is 19.9 Å². The lowest BCUT2D eigenvalue weighted by atomic mass is 10.3. The third-order valence-electron chi connectivity index (χ3n) is 2.07. The molecular formula is C11H10O2. The van der Waals surface area contributed by atoms with Gasteiger partial charge in [0.25, 0.3) is 0 Å². The zero-order valence-electron chi connectivity index (χ0n) is 7.63. The van der Waals surface area contributed by atoms with E-state index in [1.54, 1.807) is 13.0 Å². The van der Waals surface area contributed by atoms with Gasteiger partial charge in [0.15, 0.2) is 5.58 Å². The maximum atomic E-state index is 11.6. The Balaban J connectivity index is 3.04. The van der Waals surface area contributed by atoms with Gasteiger partial charge in [0.05, 0.1) is 0 Å². The molecule has 2 nitrogen and oxygen atoms in total. The van der Waals surface area contributed by atoms with Crippen LogP contribution in [-0.2, 0) is 0 Å². The van der Waals surface area contributed by atoms with E-state index < -0.39 is 0 Å². The van der Waals surface area contributed by atoms with Gasteiger partial charge in [0, 0.05) is 10.9 Å². The van der Waals surface area contributed by atoms with E-state index >= 15 is 0 Å². The molecule has 1 aromatic heterocycles. The highest BCUT2D eigenvalue weighted by molar-refractivity contribution is 5.77. The molecule has 0 aliphatic rings. The first-order valence-corrected chi connectivity index (χ1v) is 4.18. The Morgan fingerprint density at radius 3 is 2.77 bits per heavy atom. The first-order valence-electron chi connectivity index (χ1n) is 4.18. The topological polar surface area (TPSA) is 30.2 Å². The van der Waals surface area contributed by atoms with Gasteiger partial charge in [-0.15, -0.1) is 0 Å². The van der Waals surface area contributed by atoms with E-state index in [9.17, 15) is 4.79 Å². The van der Waals surface area contributed by atoms with Crippen LogP contribution in [0.4, 0.5) is 0 Å². The first kappa shape index (κ1) is 8.05. The molecular weight excluding hydrogens is 164 g/mol. The Morgan fingerprint density at radius 1 is 1.23 bits per heavy atom. The fraction of sp³-hybridized carbons (Fsp3) is 0.182. The summed E-state index contributed by atoms with van der Waals surface area (Å²) in [5, 5.41) is 0.871. The summed E-state index contributed by atoms with van der Waals surface area (Å²) in [5.41, 5.74) is 1.15. The zero-order valence-corrected chi connectivity index (χ0v) is 7.63. The van der Waals surface area contributed by atoms with Crippen LogP contribution in [0.25, 0.3) is 11.0 Å². The molecule has 0 fully saturated rings. The summed E-state index contributed by atoms with van der Waals surface area (Å²) in [5.74, 6) is 0.776. The fourth-order valence-electron chi connectivity index (χ4n) is 1.39. The van der Waals surface area contributed by atoms with Crippen molar-refractivity contribution >= 4 is 11.0 Å². The predicted octanol–water partition coefficient (Wildman–Crippen LogP) is 2.41. The smallest absolute Gasteiger partial charge is 0.224 e. The zero-order chi connectivity index (χ0) is 9.42. The second-order valence-corrected chi connectivity index (χ2v) is 3.18. The van der Waals surface area contributed by atoms with Gasteiger partial charge in [0.2, 0.25) is 5.43 Å². The van der Waals surface area contributed by atoms with E-state index in [0.717, 1.165) is 11.1 Å². The molecule has 0 saturated heterocycles.